The Balaban J connectivity index is 2.18. The minimum Gasteiger partial charge on any atom is -0.481 e. The molecule has 1 aromatic rings. The van der Waals surface area contributed by atoms with Crippen LogP contribution >= 0.6 is 15.9 Å². The second kappa shape index (κ2) is 5.48. The molecule has 0 aliphatic carbocycles. The van der Waals surface area contributed by atoms with Crippen LogP contribution in [0.4, 0.5) is 0 Å². The average molecular weight is 313 g/mol. The van der Waals surface area contributed by atoms with Gasteiger partial charge in [-0.2, -0.15) is 0 Å². The van der Waals surface area contributed by atoms with E-state index in [2.05, 4.69) is 20.9 Å². The Hall–Kier alpha value is -1.43. The minimum atomic E-state index is -0.875. The summed E-state index contributed by atoms with van der Waals surface area (Å²) in [5, 5.41) is 8.84. The molecule has 1 aliphatic rings. The van der Waals surface area contributed by atoms with Crippen LogP contribution in [-0.4, -0.2) is 39.5 Å². The first kappa shape index (κ1) is 13.0. The molecular formula is C12H13BrN2O3. The van der Waals surface area contributed by atoms with E-state index in [1.54, 1.807) is 23.2 Å². The van der Waals surface area contributed by atoms with Crippen molar-refractivity contribution in [1.82, 2.24) is 9.88 Å². The number of hydrogen-bond acceptors (Lipinski definition) is 3. The van der Waals surface area contributed by atoms with Gasteiger partial charge in [0.15, 0.2) is 0 Å². The van der Waals surface area contributed by atoms with Crippen LogP contribution in [0.2, 0.25) is 0 Å². The Morgan fingerprint density at radius 3 is 3.00 bits per heavy atom. The van der Waals surface area contributed by atoms with Crippen LogP contribution in [0.25, 0.3) is 0 Å². The molecule has 1 atom stereocenters. The van der Waals surface area contributed by atoms with Crippen LogP contribution < -0.4 is 0 Å². The zero-order chi connectivity index (χ0) is 13.1. The van der Waals surface area contributed by atoms with Crippen LogP contribution in [0.5, 0.6) is 0 Å². The van der Waals surface area contributed by atoms with Gasteiger partial charge in [0.05, 0.1) is 6.42 Å². The number of halogens is 1. The van der Waals surface area contributed by atoms with E-state index in [0.29, 0.717) is 16.7 Å². The lowest BCUT2D eigenvalue weighted by Gasteiger charge is -2.23. The van der Waals surface area contributed by atoms with Crippen molar-refractivity contribution in [2.24, 2.45) is 0 Å². The lowest BCUT2D eigenvalue weighted by Crippen LogP contribution is -2.37. The molecule has 1 N–H and O–H groups in total. The predicted molar refractivity (Wildman–Crippen MR) is 68.2 cm³/mol. The summed E-state index contributed by atoms with van der Waals surface area (Å²) in [4.78, 5) is 28.7. The molecule has 2 heterocycles. The summed E-state index contributed by atoms with van der Waals surface area (Å²) < 4.78 is 0.635. The molecule has 5 nitrogen and oxygen atoms in total. The Morgan fingerprint density at radius 1 is 1.56 bits per heavy atom. The van der Waals surface area contributed by atoms with Gasteiger partial charge >= 0.3 is 5.97 Å². The highest BCUT2D eigenvalue weighted by Gasteiger charge is 2.32. The van der Waals surface area contributed by atoms with Crippen LogP contribution in [0.15, 0.2) is 22.8 Å². The number of carbonyl (C=O) groups is 2. The number of aliphatic carboxylic acids is 1. The quantitative estimate of drug-likeness (QED) is 0.925. The van der Waals surface area contributed by atoms with Gasteiger partial charge in [0.2, 0.25) is 0 Å². The third kappa shape index (κ3) is 2.69. The van der Waals surface area contributed by atoms with Gasteiger partial charge in [-0.1, -0.05) is 0 Å². The topological polar surface area (TPSA) is 70.5 Å². The van der Waals surface area contributed by atoms with Gasteiger partial charge in [0, 0.05) is 23.3 Å². The van der Waals surface area contributed by atoms with Crippen LogP contribution in [0.3, 0.4) is 0 Å². The van der Waals surface area contributed by atoms with Gasteiger partial charge in [-0.15, -0.1) is 0 Å². The molecule has 1 fully saturated rings. The van der Waals surface area contributed by atoms with Crippen LogP contribution in [0.1, 0.15) is 29.8 Å². The van der Waals surface area contributed by atoms with E-state index >= 15 is 0 Å². The molecule has 1 aromatic heterocycles. The van der Waals surface area contributed by atoms with Crippen LogP contribution in [0, 0.1) is 0 Å². The Kier molecular flexibility index (Phi) is 3.96. The standard InChI is InChI=1S/C12H13BrN2O3/c13-9-4-1-5-14-11(9)12(18)15-6-2-3-8(15)7-10(16)17/h1,4-5,8H,2-3,6-7H2,(H,16,17). The first-order valence-corrected chi connectivity index (χ1v) is 6.52. The van der Waals surface area contributed by atoms with Crippen molar-refractivity contribution in [3.63, 3.8) is 0 Å². The molecule has 0 spiro atoms. The van der Waals surface area contributed by atoms with Gasteiger partial charge in [0.1, 0.15) is 5.69 Å². The fourth-order valence-electron chi connectivity index (χ4n) is 2.20. The number of pyridine rings is 1. The number of carboxylic acids is 1. The first-order chi connectivity index (χ1) is 8.59. The lowest BCUT2D eigenvalue weighted by atomic mass is 10.1. The van der Waals surface area contributed by atoms with Gasteiger partial charge in [-0.05, 0) is 40.9 Å². The molecule has 0 radical (unpaired) electrons. The summed E-state index contributed by atoms with van der Waals surface area (Å²) in [6.07, 6.45) is 3.13. The SMILES string of the molecule is O=C(O)CC1CCCN1C(=O)c1ncccc1Br. The molecule has 6 heteroatoms. The summed E-state index contributed by atoms with van der Waals surface area (Å²) in [5.41, 5.74) is 0.342. The fourth-order valence-corrected chi connectivity index (χ4v) is 2.62. The maximum Gasteiger partial charge on any atom is 0.305 e. The molecule has 1 amide bonds. The van der Waals surface area contributed by atoms with E-state index in [0.717, 1.165) is 12.8 Å². The highest BCUT2D eigenvalue weighted by atomic mass is 79.9. The zero-order valence-electron chi connectivity index (χ0n) is 9.67. The van der Waals surface area contributed by atoms with E-state index in [1.165, 1.54) is 0 Å². The lowest BCUT2D eigenvalue weighted by molar-refractivity contribution is -0.137. The monoisotopic (exact) mass is 312 g/mol. The van der Waals surface area contributed by atoms with Crippen molar-refractivity contribution in [3.8, 4) is 0 Å². The number of rotatable bonds is 3. The molecule has 0 saturated carbocycles. The van der Waals surface area contributed by atoms with E-state index in [-0.39, 0.29) is 18.4 Å². The maximum atomic E-state index is 12.3. The number of aromatic nitrogens is 1. The molecule has 1 aliphatic heterocycles. The second-order valence-corrected chi connectivity index (χ2v) is 5.08. The number of carbonyl (C=O) groups excluding carboxylic acids is 1. The van der Waals surface area contributed by atoms with Crippen molar-refractivity contribution in [3.05, 3.63) is 28.5 Å². The number of carboxylic acid groups (broad SMARTS) is 1. The number of nitrogens with zero attached hydrogens (tertiary/aromatic N) is 2. The van der Waals surface area contributed by atoms with Crippen molar-refractivity contribution >= 4 is 27.8 Å². The van der Waals surface area contributed by atoms with E-state index in [4.69, 9.17) is 5.11 Å². The molecule has 18 heavy (non-hydrogen) atoms. The van der Waals surface area contributed by atoms with Crippen molar-refractivity contribution in [2.75, 3.05) is 6.54 Å². The molecule has 1 unspecified atom stereocenters. The van der Waals surface area contributed by atoms with Gasteiger partial charge < -0.3 is 10.0 Å². The molecular weight excluding hydrogens is 300 g/mol. The summed E-state index contributed by atoms with van der Waals surface area (Å²) in [5.74, 6) is -1.08. The highest BCUT2D eigenvalue weighted by Crippen LogP contribution is 2.24. The molecule has 2 rings (SSSR count). The minimum absolute atomic E-state index is 0.00378. The van der Waals surface area contributed by atoms with Crippen molar-refractivity contribution < 1.29 is 14.7 Å². The normalized spacial score (nSPS) is 18.9. The Morgan fingerprint density at radius 2 is 2.33 bits per heavy atom. The fraction of sp³-hybridized carbons (Fsp3) is 0.417. The van der Waals surface area contributed by atoms with Gasteiger partial charge in [0.25, 0.3) is 5.91 Å². The highest BCUT2D eigenvalue weighted by molar-refractivity contribution is 9.10. The Bertz CT molecular complexity index is 478. The Labute approximate surface area is 113 Å². The average Bonchev–Trinajstić information content (AvgIpc) is 2.76. The largest absolute Gasteiger partial charge is 0.481 e. The molecule has 0 bridgehead atoms. The van der Waals surface area contributed by atoms with E-state index in [9.17, 15) is 9.59 Å². The first-order valence-electron chi connectivity index (χ1n) is 5.73. The number of hydrogen-bond donors (Lipinski definition) is 1. The van der Waals surface area contributed by atoms with Crippen LogP contribution in [-0.2, 0) is 4.79 Å². The van der Waals surface area contributed by atoms with Crippen molar-refractivity contribution in [1.29, 1.82) is 0 Å². The number of amides is 1. The summed E-state index contributed by atoms with van der Waals surface area (Å²) in [6.45, 7) is 0.597. The van der Waals surface area contributed by atoms with Crippen molar-refractivity contribution in [2.45, 2.75) is 25.3 Å². The predicted octanol–water partition coefficient (Wildman–Crippen LogP) is 1.92. The summed E-state index contributed by atoms with van der Waals surface area (Å²) in [7, 11) is 0. The zero-order valence-corrected chi connectivity index (χ0v) is 11.3. The van der Waals surface area contributed by atoms with E-state index < -0.39 is 5.97 Å². The summed E-state index contributed by atoms with van der Waals surface area (Å²) in [6, 6.07) is 3.27. The summed E-state index contributed by atoms with van der Waals surface area (Å²) >= 11 is 3.29. The molecule has 0 aromatic carbocycles. The number of likely N-dealkylation sites (tertiary alicyclic amines) is 1. The smallest absolute Gasteiger partial charge is 0.305 e. The third-order valence-electron chi connectivity index (χ3n) is 3.01. The molecule has 1 saturated heterocycles. The maximum absolute atomic E-state index is 12.3. The second-order valence-electron chi connectivity index (χ2n) is 4.23. The van der Waals surface area contributed by atoms with Gasteiger partial charge in [-0.25, -0.2) is 4.98 Å². The molecule has 96 valence electrons. The third-order valence-corrected chi connectivity index (χ3v) is 3.65. The van der Waals surface area contributed by atoms with E-state index in [1.807, 2.05) is 0 Å². The van der Waals surface area contributed by atoms with Gasteiger partial charge in [-0.3, -0.25) is 9.59 Å².